The van der Waals surface area contributed by atoms with Gasteiger partial charge in [-0.1, -0.05) is 18.2 Å². The third-order valence-corrected chi connectivity index (χ3v) is 3.21. The van der Waals surface area contributed by atoms with Crippen LogP contribution in [0.4, 0.5) is 11.4 Å². The van der Waals surface area contributed by atoms with E-state index in [9.17, 15) is 14.9 Å². The molecule has 7 heteroatoms. The fraction of sp³-hybridized carbons (Fsp3) is 0.235. The lowest BCUT2D eigenvalue weighted by Gasteiger charge is -2.12. The lowest BCUT2D eigenvalue weighted by Crippen LogP contribution is -2.21. The molecule has 2 aromatic rings. The first-order chi connectivity index (χ1) is 11.5. The molecule has 24 heavy (non-hydrogen) atoms. The van der Waals surface area contributed by atoms with Crippen molar-refractivity contribution in [1.82, 2.24) is 0 Å². The molecule has 2 rings (SSSR count). The number of rotatable bonds is 7. The first kappa shape index (κ1) is 17.3. The number of para-hydroxylation sites is 2. The van der Waals surface area contributed by atoms with Crippen LogP contribution in [0.1, 0.15) is 12.5 Å². The first-order valence-corrected chi connectivity index (χ1v) is 7.40. The maximum atomic E-state index is 12.0. The fourth-order valence-corrected chi connectivity index (χ4v) is 2.03. The number of aryl methyl sites for hydroxylation is 1. The summed E-state index contributed by atoms with van der Waals surface area (Å²) in [6, 6.07) is 11.3. The SMILES string of the molecule is CCOc1ccccc1OCC(=O)Nc1cc([N+](=O)[O-])ccc1C. The Kier molecular flexibility index (Phi) is 5.73. The van der Waals surface area contributed by atoms with Crippen molar-refractivity contribution in [2.45, 2.75) is 13.8 Å². The summed E-state index contributed by atoms with van der Waals surface area (Å²) in [6.07, 6.45) is 0. The number of nitrogens with zero attached hydrogens (tertiary/aromatic N) is 1. The predicted octanol–water partition coefficient (Wildman–Crippen LogP) is 3.32. The van der Waals surface area contributed by atoms with Crippen molar-refractivity contribution in [3.05, 3.63) is 58.1 Å². The molecule has 0 atom stereocenters. The van der Waals surface area contributed by atoms with E-state index in [0.29, 0.717) is 23.8 Å². The van der Waals surface area contributed by atoms with Crippen LogP contribution in [0.2, 0.25) is 0 Å². The number of ether oxygens (including phenoxy) is 2. The van der Waals surface area contributed by atoms with Crippen LogP contribution >= 0.6 is 0 Å². The van der Waals surface area contributed by atoms with Gasteiger partial charge in [-0.15, -0.1) is 0 Å². The number of carbonyl (C=O) groups excluding carboxylic acids is 1. The van der Waals surface area contributed by atoms with Gasteiger partial charge >= 0.3 is 0 Å². The zero-order valence-electron chi connectivity index (χ0n) is 13.4. The number of non-ortho nitro benzene ring substituents is 1. The highest BCUT2D eigenvalue weighted by molar-refractivity contribution is 5.93. The Morgan fingerprint density at radius 2 is 1.83 bits per heavy atom. The Hall–Kier alpha value is -3.09. The summed E-state index contributed by atoms with van der Waals surface area (Å²) >= 11 is 0. The Bertz CT molecular complexity index is 746. The average molecular weight is 330 g/mol. The van der Waals surface area contributed by atoms with Gasteiger partial charge in [-0.2, -0.15) is 0 Å². The number of nitro benzene ring substituents is 1. The number of nitro groups is 1. The first-order valence-electron chi connectivity index (χ1n) is 7.40. The van der Waals surface area contributed by atoms with Crippen LogP contribution in [0.5, 0.6) is 11.5 Å². The average Bonchev–Trinajstić information content (AvgIpc) is 2.56. The number of carbonyl (C=O) groups is 1. The van der Waals surface area contributed by atoms with Gasteiger partial charge < -0.3 is 14.8 Å². The van der Waals surface area contributed by atoms with E-state index in [-0.39, 0.29) is 12.3 Å². The quantitative estimate of drug-likeness (QED) is 0.621. The number of amides is 1. The molecule has 0 saturated carbocycles. The molecule has 0 saturated heterocycles. The van der Waals surface area contributed by atoms with Crippen LogP contribution in [0, 0.1) is 17.0 Å². The molecule has 0 fully saturated rings. The number of anilines is 1. The molecule has 1 N–H and O–H groups in total. The summed E-state index contributed by atoms with van der Waals surface area (Å²) in [5.41, 5.74) is 1.03. The summed E-state index contributed by atoms with van der Waals surface area (Å²) in [4.78, 5) is 22.3. The van der Waals surface area contributed by atoms with Gasteiger partial charge in [0, 0.05) is 12.1 Å². The number of hydrogen-bond acceptors (Lipinski definition) is 5. The molecular weight excluding hydrogens is 312 g/mol. The lowest BCUT2D eigenvalue weighted by atomic mass is 10.2. The van der Waals surface area contributed by atoms with Gasteiger partial charge in [-0.05, 0) is 31.5 Å². The fourth-order valence-electron chi connectivity index (χ4n) is 2.03. The number of nitrogens with one attached hydrogen (secondary N) is 1. The van der Waals surface area contributed by atoms with Crippen molar-refractivity contribution in [2.24, 2.45) is 0 Å². The van der Waals surface area contributed by atoms with E-state index in [1.807, 2.05) is 13.0 Å². The molecule has 0 spiro atoms. The van der Waals surface area contributed by atoms with Crippen molar-refractivity contribution in [1.29, 1.82) is 0 Å². The van der Waals surface area contributed by atoms with Crippen molar-refractivity contribution < 1.29 is 19.2 Å². The van der Waals surface area contributed by atoms with Crippen molar-refractivity contribution >= 4 is 17.3 Å². The molecule has 0 heterocycles. The molecule has 7 nitrogen and oxygen atoms in total. The molecule has 2 aromatic carbocycles. The summed E-state index contributed by atoms with van der Waals surface area (Å²) in [5, 5.41) is 13.4. The van der Waals surface area contributed by atoms with Crippen LogP contribution in [-0.4, -0.2) is 24.0 Å². The van der Waals surface area contributed by atoms with Crippen molar-refractivity contribution in [3.63, 3.8) is 0 Å². The topological polar surface area (TPSA) is 90.7 Å². The normalized spacial score (nSPS) is 10.1. The minimum atomic E-state index is -0.510. The van der Waals surface area contributed by atoms with E-state index >= 15 is 0 Å². The molecule has 0 radical (unpaired) electrons. The molecule has 0 aliphatic heterocycles. The molecule has 126 valence electrons. The summed E-state index contributed by atoms with van der Waals surface area (Å²) in [7, 11) is 0. The highest BCUT2D eigenvalue weighted by Gasteiger charge is 2.12. The van der Waals surface area contributed by atoms with Crippen LogP contribution in [0.15, 0.2) is 42.5 Å². The largest absolute Gasteiger partial charge is 0.490 e. The molecule has 0 aliphatic carbocycles. The van der Waals surface area contributed by atoms with Gasteiger partial charge in [0.15, 0.2) is 18.1 Å². The monoisotopic (exact) mass is 330 g/mol. The van der Waals surface area contributed by atoms with Crippen LogP contribution < -0.4 is 14.8 Å². The second-order valence-electron chi connectivity index (χ2n) is 4.97. The van der Waals surface area contributed by atoms with Crippen LogP contribution in [-0.2, 0) is 4.79 Å². The molecular formula is C17H18N2O5. The minimum absolute atomic E-state index is 0.0847. The number of benzene rings is 2. The van der Waals surface area contributed by atoms with E-state index in [0.717, 1.165) is 5.56 Å². The summed E-state index contributed by atoms with van der Waals surface area (Å²) < 4.78 is 10.9. The van der Waals surface area contributed by atoms with Gasteiger partial charge in [-0.25, -0.2) is 0 Å². The van der Waals surface area contributed by atoms with E-state index in [1.54, 1.807) is 31.2 Å². The third kappa shape index (κ3) is 4.45. The molecule has 1 amide bonds. The minimum Gasteiger partial charge on any atom is -0.490 e. The molecule has 0 aromatic heterocycles. The highest BCUT2D eigenvalue weighted by atomic mass is 16.6. The zero-order valence-corrected chi connectivity index (χ0v) is 13.4. The van der Waals surface area contributed by atoms with E-state index in [4.69, 9.17) is 9.47 Å². The lowest BCUT2D eigenvalue weighted by molar-refractivity contribution is -0.384. The zero-order chi connectivity index (χ0) is 17.5. The van der Waals surface area contributed by atoms with Gasteiger partial charge in [0.2, 0.25) is 0 Å². The second-order valence-corrected chi connectivity index (χ2v) is 4.97. The van der Waals surface area contributed by atoms with Gasteiger partial charge in [0.25, 0.3) is 11.6 Å². The van der Waals surface area contributed by atoms with Crippen LogP contribution in [0.25, 0.3) is 0 Å². The van der Waals surface area contributed by atoms with Crippen LogP contribution in [0.3, 0.4) is 0 Å². The third-order valence-electron chi connectivity index (χ3n) is 3.21. The standard InChI is InChI=1S/C17H18N2O5/c1-3-23-15-6-4-5-7-16(15)24-11-17(20)18-14-10-13(19(21)22)9-8-12(14)2/h4-10H,3,11H2,1-2H3,(H,18,20). The molecule has 0 bridgehead atoms. The Labute approximate surface area is 139 Å². The van der Waals surface area contributed by atoms with Gasteiger partial charge in [0.1, 0.15) is 0 Å². The predicted molar refractivity (Wildman–Crippen MR) is 89.6 cm³/mol. The van der Waals surface area contributed by atoms with Gasteiger partial charge in [-0.3, -0.25) is 14.9 Å². The van der Waals surface area contributed by atoms with Gasteiger partial charge in [0.05, 0.1) is 17.2 Å². The second kappa shape index (κ2) is 7.96. The summed E-state index contributed by atoms with van der Waals surface area (Å²) in [6.45, 7) is 3.87. The molecule has 0 aliphatic rings. The maximum Gasteiger partial charge on any atom is 0.271 e. The van der Waals surface area contributed by atoms with E-state index < -0.39 is 10.8 Å². The van der Waals surface area contributed by atoms with E-state index in [1.165, 1.54) is 12.1 Å². The highest BCUT2D eigenvalue weighted by Crippen LogP contribution is 2.26. The maximum absolute atomic E-state index is 12.0. The smallest absolute Gasteiger partial charge is 0.271 e. The van der Waals surface area contributed by atoms with E-state index in [2.05, 4.69) is 5.32 Å². The van der Waals surface area contributed by atoms with Crippen molar-refractivity contribution in [2.75, 3.05) is 18.5 Å². The summed E-state index contributed by atoms with van der Waals surface area (Å²) in [5.74, 6) is 0.606. The Morgan fingerprint density at radius 1 is 1.17 bits per heavy atom. The molecule has 0 unspecified atom stereocenters. The number of hydrogen-bond donors (Lipinski definition) is 1. The van der Waals surface area contributed by atoms with Crippen molar-refractivity contribution in [3.8, 4) is 11.5 Å². The Morgan fingerprint density at radius 3 is 2.46 bits per heavy atom. The Balaban J connectivity index is 2.02.